The van der Waals surface area contributed by atoms with E-state index in [0.29, 0.717) is 0 Å². The molecule has 1 heterocycles. The van der Waals surface area contributed by atoms with Crippen LogP contribution in [0.1, 0.15) is 18.9 Å². The van der Waals surface area contributed by atoms with Gasteiger partial charge in [0.1, 0.15) is 0 Å². The van der Waals surface area contributed by atoms with Crippen molar-refractivity contribution in [1.29, 1.82) is 0 Å². The Labute approximate surface area is 124 Å². The lowest BCUT2D eigenvalue weighted by molar-refractivity contribution is -0.0610. The monoisotopic (exact) mass is 286 g/mol. The van der Waals surface area contributed by atoms with Gasteiger partial charge in [0, 0.05) is 30.2 Å². The number of ether oxygens (including phenoxy) is 1. The van der Waals surface area contributed by atoms with Gasteiger partial charge in [-0.25, -0.2) is 5.32 Å². The zero-order chi connectivity index (χ0) is 13.8. The zero-order valence-electron chi connectivity index (χ0n) is 11.8. The summed E-state index contributed by atoms with van der Waals surface area (Å²) in [5, 5.41) is 7.40. The summed E-state index contributed by atoms with van der Waals surface area (Å²) in [6.07, 6.45) is 1.02. The van der Waals surface area contributed by atoms with E-state index in [1.165, 1.54) is 16.3 Å². The molecule has 2 aromatic rings. The maximum Gasteiger partial charge on any atom is 0.169 e. The third-order valence-corrected chi connectivity index (χ3v) is 4.72. The fourth-order valence-electron chi connectivity index (χ4n) is 2.71. The van der Waals surface area contributed by atoms with Crippen molar-refractivity contribution in [3.05, 3.63) is 48.0 Å². The van der Waals surface area contributed by atoms with Crippen LogP contribution in [0.5, 0.6) is 0 Å². The van der Waals surface area contributed by atoms with E-state index in [-0.39, 0.29) is 0 Å². The van der Waals surface area contributed by atoms with Crippen molar-refractivity contribution in [3.63, 3.8) is 0 Å². The molecule has 3 heteroatoms. The Morgan fingerprint density at radius 2 is 2.05 bits per heavy atom. The first-order chi connectivity index (χ1) is 9.86. The third-order valence-electron chi connectivity index (χ3n) is 3.66. The Hall–Kier alpha value is -1.03. The lowest BCUT2D eigenvalue weighted by Crippen LogP contribution is -2.46. The van der Waals surface area contributed by atoms with E-state index in [1.807, 2.05) is 11.8 Å². The summed E-state index contributed by atoms with van der Waals surface area (Å²) in [6, 6.07) is 15.0. The molecule has 0 bridgehead atoms. The van der Waals surface area contributed by atoms with Gasteiger partial charge in [-0.05, 0) is 17.2 Å². The molecule has 1 unspecified atom stereocenters. The molecule has 0 aromatic heterocycles. The molecule has 1 aliphatic rings. The maximum atomic E-state index is 6.23. The molecular formula is C17H20NOS. The van der Waals surface area contributed by atoms with E-state index in [0.717, 1.165) is 31.1 Å². The molecule has 0 amide bonds. The molecular weight excluding hydrogens is 266 g/mol. The molecule has 1 aliphatic heterocycles. The highest BCUT2D eigenvalue weighted by atomic mass is 32.2. The van der Waals surface area contributed by atoms with E-state index in [2.05, 4.69) is 49.4 Å². The Morgan fingerprint density at radius 3 is 2.85 bits per heavy atom. The normalized spacial score (nSPS) is 23.1. The van der Waals surface area contributed by atoms with Crippen molar-refractivity contribution in [1.82, 2.24) is 5.32 Å². The summed E-state index contributed by atoms with van der Waals surface area (Å²) in [6.45, 7) is 3.78. The molecule has 0 N–H and O–H groups in total. The Morgan fingerprint density at radius 1 is 1.20 bits per heavy atom. The lowest BCUT2D eigenvalue weighted by atomic mass is 9.96. The zero-order valence-corrected chi connectivity index (χ0v) is 12.7. The SMILES string of the molecule is CCCOC1(c2cccc3ccccc23)CSCC[N]1. The van der Waals surface area contributed by atoms with Crippen LogP contribution < -0.4 is 5.32 Å². The maximum absolute atomic E-state index is 6.23. The van der Waals surface area contributed by atoms with Gasteiger partial charge < -0.3 is 4.74 Å². The van der Waals surface area contributed by atoms with Gasteiger partial charge in [0.25, 0.3) is 0 Å². The van der Waals surface area contributed by atoms with Crippen molar-refractivity contribution in [2.24, 2.45) is 0 Å². The van der Waals surface area contributed by atoms with Gasteiger partial charge in [-0.15, -0.1) is 0 Å². The molecule has 0 aliphatic carbocycles. The van der Waals surface area contributed by atoms with Crippen molar-refractivity contribution in [3.8, 4) is 0 Å². The van der Waals surface area contributed by atoms with Crippen LogP contribution in [-0.2, 0) is 10.5 Å². The summed E-state index contributed by atoms with van der Waals surface area (Å²) in [5.74, 6) is 2.02. The average Bonchev–Trinajstić information content (AvgIpc) is 2.53. The van der Waals surface area contributed by atoms with Crippen LogP contribution in [0.3, 0.4) is 0 Å². The average molecular weight is 286 g/mol. The van der Waals surface area contributed by atoms with Gasteiger partial charge in [-0.3, -0.25) is 0 Å². The molecule has 1 radical (unpaired) electrons. The molecule has 20 heavy (non-hydrogen) atoms. The molecule has 1 fully saturated rings. The van der Waals surface area contributed by atoms with Crippen molar-refractivity contribution >= 4 is 22.5 Å². The van der Waals surface area contributed by atoms with Gasteiger partial charge in [0.2, 0.25) is 0 Å². The molecule has 0 spiro atoms. The van der Waals surface area contributed by atoms with Crippen LogP contribution in [0.2, 0.25) is 0 Å². The van der Waals surface area contributed by atoms with Crippen molar-refractivity contribution in [2.45, 2.75) is 19.1 Å². The van der Waals surface area contributed by atoms with E-state index in [1.54, 1.807) is 0 Å². The third kappa shape index (κ3) is 2.58. The van der Waals surface area contributed by atoms with Crippen LogP contribution in [0.4, 0.5) is 0 Å². The lowest BCUT2D eigenvalue weighted by Gasteiger charge is -2.37. The van der Waals surface area contributed by atoms with Crippen LogP contribution in [0.15, 0.2) is 42.5 Å². The minimum absolute atomic E-state index is 0.459. The van der Waals surface area contributed by atoms with E-state index in [9.17, 15) is 0 Å². The number of nitrogens with zero attached hydrogens (tertiary/aromatic N) is 1. The fourth-order valence-corrected chi connectivity index (χ4v) is 3.68. The smallest absolute Gasteiger partial charge is 0.169 e. The highest BCUT2D eigenvalue weighted by molar-refractivity contribution is 7.99. The summed E-state index contributed by atoms with van der Waals surface area (Å²) in [5.41, 5.74) is 0.760. The van der Waals surface area contributed by atoms with Crippen LogP contribution in [0.25, 0.3) is 10.8 Å². The Kier molecular flexibility index (Phi) is 4.29. The van der Waals surface area contributed by atoms with E-state index in [4.69, 9.17) is 10.1 Å². The minimum Gasteiger partial charge on any atom is -0.354 e. The molecule has 2 aromatic carbocycles. The number of thioether (sulfide) groups is 1. The van der Waals surface area contributed by atoms with Gasteiger partial charge in [0.05, 0.1) is 0 Å². The van der Waals surface area contributed by atoms with Gasteiger partial charge in [0.15, 0.2) is 5.72 Å². The molecule has 0 saturated carbocycles. The second-order valence-electron chi connectivity index (χ2n) is 5.09. The molecule has 1 atom stereocenters. The second kappa shape index (κ2) is 6.17. The second-order valence-corrected chi connectivity index (χ2v) is 6.20. The quantitative estimate of drug-likeness (QED) is 0.854. The van der Waals surface area contributed by atoms with Crippen molar-refractivity contribution in [2.75, 3.05) is 24.7 Å². The summed E-state index contributed by atoms with van der Waals surface area (Å²) in [7, 11) is 0. The number of rotatable bonds is 4. The fraction of sp³-hybridized carbons (Fsp3) is 0.412. The van der Waals surface area contributed by atoms with Crippen LogP contribution in [0, 0.1) is 0 Å². The molecule has 2 nitrogen and oxygen atoms in total. The van der Waals surface area contributed by atoms with E-state index < -0.39 is 5.72 Å². The topological polar surface area (TPSA) is 23.3 Å². The number of benzene rings is 2. The molecule has 105 valence electrons. The highest BCUT2D eigenvalue weighted by Crippen LogP contribution is 2.36. The number of fused-ring (bicyclic) bond motifs is 1. The molecule has 3 rings (SSSR count). The van der Waals surface area contributed by atoms with E-state index >= 15 is 0 Å². The summed E-state index contributed by atoms with van der Waals surface area (Å²) in [4.78, 5) is 0. The van der Waals surface area contributed by atoms with Crippen LogP contribution in [-0.4, -0.2) is 24.7 Å². The first kappa shape index (κ1) is 13.9. The first-order valence-corrected chi connectivity index (χ1v) is 8.40. The largest absolute Gasteiger partial charge is 0.354 e. The highest BCUT2D eigenvalue weighted by Gasteiger charge is 2.37. The predicted octanol–water partition coefficient (Wildman–Crippen LogP) is 3.77. The van der Waals surface area contributed by atoms with Gasteiger partial charge in [-0.2, -0.15) is 11.8 Å². The van der Waals surface area contributed by atoms with Crippen LogP contribution >= 0.6 is 11.8 Å². The summed E-state index contributed by atoms with van der Waals surface area (Å²) >= 11 is 1.94. The number of hydrogen-bond donors (Lipinski definition) is 0. The Bertz CT molecular complexity index is 573. The first-order valence-electron chi connectivity index (χ1n) is 7.24. The summed E-state index contributed by atoms with van der Waals surface area (Å²) < 4.78 is 6.23. The number of hydrogen-bond acceptors (Lipinski definition) is 2. The van der Waals surface area contributed by atoms with Gasteiger partial charge >= 0.3 is 0 Å². The minimum atomic E-state index is -0.459. The standard InChI is InChI=1S/C17H20NOS/c1-2-11-19-17(13-20-12-10-18-17)16-9-5-7-14-6-3-4-8-15(14)16/h3-9H,2,10-13H2,1H3. The Balaban J connectivity index is 2.08. The molecule has 1 saturated heterocycles. The van der Waals surface area contributed by atoms with Gasteiger partial charge in [-0.1, -0.05) is 49.4 Å². The predicted molar refractivity (Wildman–Crippen MR) is 86.2 cm³/mol. The van der Waals surface area contributed by atoms with Crippen molar-refractivity contribution < 1.29 is 4.74 Å².